The van der Waals surface area contributed by atoms with Crippen molar-refractivity contribution in [1.29, 1.82) is 0 Å². The molecule has 0 bridgehead atoms. The second-order valence-corrected chi connectivity index (χ2v) is 9.83. The van der Waals surface area contributed by atoms with Gasteiger partial charge in [-0.1, -0.05) is 78.1 Å². The van der Waals surface area contributed by atoms with Crippen molar-refractivity contribution in [3.63, 3.8) is 0 Å². The minimum Gasteiger partial charge on any atom is -0.550 e. The summed E-state index contributed by atoms with van der Waals surface area (Å²) in [6, 6.07) is 0. The van der Waals surface area contributed by atoms with Gasteiger partial charge in [-0.2, -0.15) is 0 Å². The molecule has 3 nitrogen and oxygen atoms in total. The van der Waals surface area contributed by atoms with Crippen molar-refractivity contribution in [2.45, 2.75) is 97.0 Å². The van der Waals surface area contributed by atoms with Crippen molar-refractivity contribution in [2.75, 3.05) is 0 Å². The molecule has 3 aliphatic rings. The van der Waals surface area contributed by atoms with Gasteiger partial charge in [0, 0.05) is 11.9 Å². The zero-order valence-electron chi connectivity index (χ0n) is 16.9. The maximum Gasteiger partial charge on any atom is 0.0651 e. The summed E-state index contributed by atoms with van der Waals surface area (Å²) in [5.41, 5.74) is 0. The summed E-state index contributed by atoms with van der Waals surface area (Å²) in [5, 5.41) is 22.7. The Bertz CT molecular complexity index is 450. The van der Waals surface area contributed by atoms with Gasteiger partial charge in [0.15, 0.2) is 0 Å². The molecule has 6 unspecified atom stereocenters. The summed E-state index contributed by atoms with van der Waals surface area (Å²) in [5.74, 6) is 1.27. The Morgan fingerprint density at radius 3 is 1.81 bits per heavy atom. The Labute approximate surface area is 160 Å². The molecule has 3 aliphatic carbocycles. The highest BCUT2D eigenvalue weighted by Crippen LogP contribution is 2.47. The smallest absolute Gasteiger partial charge is 0.0651 e. The van der Waals surface area contributed by atoms with E-state index in [1.165, 1.54) is 64.2 Å². The van der Waals surface area contributed by atoms with Crippen molar-refractivity contribution < 1.29 is 15.0 Å². The van der Waals surface area contributed by atoms with Crippen LogP contribution in [0.25, 0.3) is 0 Å². The number of carboxylic acid groups (broad SMARTS) is 1. The minimum atomic E-state index is -1.03. The topological polar surface area (TPSA) is 60.4 Å². The molecular formula is C23H39O3-. The van der Waals surface area contributed by atoms with E-state index < -0.39 is 18.0 Å². The van der Waals surface area contributed by atoms with E-state index in [1.807, 2.05) is 0 Å². The Hall–Kier alpha value is -0.570. The summed E-state index contributed by atoms with van der Waals surface area (Å²) in [4.78, 5) is 11.8. The fourth-order valence-electron chi connectivity index (χ4n) is 6.59. The SMILES string of the molecule is CC(C1CCCCC1)C1CC(C(=O)[O-])C(O)C(C(C)C2CCCCC2)C1. The highest BCUT2D eigenvalue weighted by Gasteiger charge is 2.44. The molecule has 0 radical (unpaired) electrons. The Kier molecular flexibility index (Phi) is 7.05. The monoisotopic (exact) mass is 363 g/mol. The zero-order chi connectivity index (χ0) is 18.7. The molecule has 26 heavy (non-hydrogen) atoms. The third kappa shape index (κ3) is 4.46. The van der Waals surface area contributed by atoms with E-state index in [-0.39, 0.29) is 5.92 Å². The van der Waals surface area contributed by atoms with Gasteiger partial charge in [0.25, 0.3) is 0 Å². The van der Waals surface area contributed by atoms with Gasteiger partial charge in [-0.3, -0.25) is 0 Å². The van der Waals surface area contributed by atoms with E-state index in [1.54, 1.807) is 0 Å². The van der Waals surface area contributed by atoms with Crippen molar-refractivity contribution >= 4 is 5.97 Å². The number of hydrogen-bond acceptors (Lipinski definition) is 3. The Morgan fingerprint density at radius 2 is 1.31 bits per heavy atom. The third-order valence-electron chi connectivity index (χ3n) is 8.49. The number of carbonyl (C=O) groups is 1. The van der Waals surface area contributed by atoms with Crippen LogP contribution in [0.2, 0.25) is 0 Å². The van der Waals surface area contributed by atoms with E-state index in [4.69, 9.17) is 0 Å². The van der Waals surface area contributed by atoms with Crippen LogP contribution in [0.15, 0.2) is 0 Å². The predicted octanol–water partition coefficient (Wildman–Crippen LogP) is 4.17. The fourth-order valence-corrected chi connectivity index (χ4v) is 6.59. The quantitative estimate of drug-likeness (QED) is 0.797. The molecule has 3 fully saturated rings. The molecule has 0 heterocycles. The highest BCUT2D eigenvalue weighted by atomic mass is 16.4. The van der Waals surface area contributed by atoms with Crippen LogP contribution in [0, 0.1) is 41.4 Å². The Balaban J connectivity index is 1.73. The number of rotatable bonds is 5. The molecule has 3 rings (SSSR count). The van der Waals surface area contributed by atoms with E-state index in [9.17, 15) is 15.0 Å². The maximum atomic E-state index is 11.8. The summed E-state index contributed by atoms with van der Waals surface area (Å²) in [6.45, 7) is 4.64. The van der Waals surface area contributed by atoms with Crippen LogP contribution in [0.3, 0.4) is 0 Å². The molecule has 6 atom stereocenters. The van der Waals surface area contributed by atoms with E-state index in [0.717, 1.165) is 12.3 Å². The average molecular weight is 364 g/mol. The van der Waals surface area contributed by atoms with E-state index in [0.29, 0.717) is 30.1 Å². The van der Waals surface area contributed by atoms with Crippen LogP contribution >= 0.6 is 0 Å². The molecular weight excluding hydrogens is 324 g/mol. The summed E-state index contributed by atoms with van der Waals surface area (Å²) in [7, 11) is 0. The van der Waals surface area contributed by atoms with Gasteiger partial charge < -0.3 is 15.0 Å². The summed E-state index contributed by atoms with van der Waals surface area (Å²) >= 11 is 0. The largest absolute Gasteiger partial charge is 0.550 e. The van der Waals surface area contributed by atoms with Crippen molar-refractivity contribution in [3.05, 3.63) is 0 Å². The van der Waals surface area contributed by atoms with Crippen molar-refractivity contribution in [1.82, 2.24) is 0 Å². The lowest BCUT2D eigenvalue weighted by atomic mass is 9.60. The number of aliphatic hydroxyl groups excluding tert-OH is 1. The first kappa shape index (κ1) is 20.2. The highest BCUT2D eigenvalue weighted by molar-refractivity contribution is 5.68. The number of aliphatic hydroxyl groups is 1. The molecule has 0 aromatic carbocycles. The first-order valence-corrected chi connectivity index (χ1v) is 11.4. The maximum absolute atomic E-state index is 11.8. The van der Waals surface area contributed by atoms with E-state index in [2.05, 4.69) is 13.8 Å². The molecule has 0 aromatic heterocycles. The van der Waals surface area contributed by atoms with Crippen LogP contribution in [-0.4, -0.2) is 17.2 Å². The number of carbonyl (C=O) groups excluding carboxylic acids is 1. The van der Waals surface area contributed by atoms with Gasteiger partial charge in [-0.05, 0) is 48.3 Å². The van der Waals surface area contributed by atoms with Crippen LogP contribution in [0.4, 0.5) is 0 Å². The fraction of sp³-hybridized carbons (Fsp3) is 0.957. The van der Waals surface area contributed by atoms with Crippen LogP contribution in [0.5, 0.6) is 0 Å². The molecule has 1 N–H and O–H groups in total. The van der Waals surface area contributed by atoms with Gasteiger partial charge in [0.1, 0.15) is 0 Å². The van der Waals surface area contributed by atoms with Crippen LogP contribution < -0.4 is 5.11 Å². The molecule has 3 saturated carbocycles. The lowest BCUT2D eigenvalue weighted by Gasteiger charge is -2.47. The third-order valence-corrected chi connectivity index (χ3v) is 8.49. The van der Waals surface area contributed by atoms with Gasteiger partial charge in [0.05, 0.1) is 6.10 Å². The number of carboxylic acids is 1. The molecule has 0 spiro atoms. The first-order valence-electron chi connectivity index (χ1n) is 11.4. The standard InChI is InChI=1S/C23H40O3/c1-15(17-9-5-3-6-10-17)19-13-20(22(24)21(14-19)23(25)26)16(2)18-11-7-4-8-12-18/h15-22,24H,3-14H2,1-2H3,(H,25,26)/p-1. The minimum absolute atomic E-state index is 0.130. The van der Waals surface area contributed by atoms with Gasteiger partial charge in [0.2, 0.25) is 0 Å². The number of aliphatic carboxylic acids is 1. The summed E-state index contributed by atoms with van der Waals surface area (Å²) < 4.78 is 0. The molecule has 0 aliphatic heterocycles. The first-order chi connectivity index (χ1) is 12.5. The second-order valence-electron chi connectivity index (χ2n) is 9.83. The molecule has 0 aromatic rings. The predicted molar refractivity (Wildman–Crippen MR) is 102 cm³/mol. The Morgan fingerprint density at radius 1 is 0.808 bits per heavy atom. The molecule has 0 amide bonds. The van der Waals surface area contributed by atoms with E-state index >= 15 is 0 Å². The molecule has 3 heteroatoms. The van der Waals surface area contributed by atoms with Crippen molar-refractivity contribution in [3.8, 4) is 0 Å². The van der Waals surface area contributed by atoms with Gasteiger partial charge in [-0.25, -0.2) is 0 Å². The van der Waals surface area contributed by atoms with Gasteiger partial charge >= 0.3 is 0 Å². The van der Waals surface area contributed by atoms with Crippen LogP contribution in [0.1, 0.15) is 90.9 Å². The molecule has 0 saturated heterocycles. The molecule has 150 valence electrons. The second kappa shape index (κ2) is 9.08. The zero-order valence-corrected chi connectivity index (χ0v) is 16.9. The number of hydrogen-bond donors (Lipinski definition) is 1. The normalized spacial score (nSPS) is 37.2. The van der Waals surface area contributed by atoms with Crippen molar-refractivity contribution in [2.24, 2.45) is 41.4 Å². The van der Waals surface area contributed by atoms with Gasteiger partial charge in [-0.15, -0.1) is 0 Å². The lowest BCUT2D eigenvalue weighted by molar-refractivity contribution is -0.317. The summed E-state index contributed by atoms with van der Waals surface area (Å²) in [6.07, 6.45) is 14.0. The van der Waals surface area contributed by atoms with Crippen LogP contribution in [-0.2, 0) is 4.79 Å². The average Bonchev–Trinajstić information content (AvgIpc) is 2.68. The lowest BCUT2D eigenvalue weighted by Crippen LogP contribution is -2.50.